The number of carbonyl (C=O) groups is 2. The molecule has 0 N–H and O–H groups in total. The lowest BCUT2D eigenvalue weighted by Gasteiger charge is -2.34. The minimum absolute atomic E-state index is 0.0415. The Hall–Kier alpha value is -1.14. The molecular formula is C29H54O6. The van der Waals surface area contributed by atoms with Crippen LogP contribution in [0.25, 0.3) is 0 Å². The average molecular weight is 499 g/mol. The Labute approximate surface area is 215 Å². The van der Waals surface area contributed by atoms with Crippen LogP contribution in [0.15, 0.2) is 0 Å². The molecule has 0 bridgehead atoms. The van der Waals surface area contributed by atoms with E-state index in [0.29, 0.717) is 45.2 Å². The van der Waals surface area contributed by atoms with Crippen LogP contribution in [-0.4, -0.2) is 44.2 Å². The highest BCUT2D eigenvalue weighted by molar-refractivity contribution is 5.69. The number of hydrogen-bond donors (Lipinski definition) is 0. The van der Waals surface area contributed by atoms with E-state index in [1.807, 2.05) is 13.8 Å². The molecule has 1 aliphatic rings. The minimum Gasteiger partial charge on any atom is -0.465 e. The van der Waals surface area contributed by atoms with Gasteiger partial charge in [-0.2, -0.15) is 0 Å². The molecule has 1 atom stereocenters. The maximum absolute atomic E-state index is 12.1. The molecule has 0 radical (unpaired) electrons. The zero-order valence-electron chi connectivity index (χ0n) is 23.2. The van der Waals surface area contributed by atoms with E-state index in [-0.39, 0.29) is 17.9 Å². The molecule has 35 heavy (non-hydrogen) atoms. The van der Waals surface area contributed by atoms with Gasteiger partial charge >= 0.3 is 11.9 Å². The Bertz CT molecular complexity index is 537. The van der Waals surface area contributed by atoms with Crippen LogP contribution in [0.4, 0.5) is 0 Å². The van der Waals surface area contributed by atoms with Gasteiger partial charge in [0, 0.05) is 18.8 Å². The third kappa shape index (κ3) is 17.9. The van der Waals surface area contributed by atoms with Crippen molar-refractivity contribution in [2.24, 2.45) is 11.8 Å². The van der Waals surface area contributed by atoms with E-state index < -0.39 is 5.79 Å². The molecule has 1 unspecified atom stereocenters. The Morgan fingerprint density at radius 1 is 0.743 bits per heavy atom. The van der Waals surface area contributed by atoms with Crippen molar-refractivity contribution in [3.8, 4) is 0 Å². The zero-order valence-corrected chi connectivity index (χ0v) is 23.2. The fraction of sp³-hybridized carbons (Fsp3) is 0.931. The van der Waals surface area contributed by atoms with E-state index >= 15 is 0 Å². The summed E-state index contributed by atoms with van der Waals surface area (Å²) in [5, 5.41) is 0. The van der Waals surface area contributed by atoms with Crippen LogP contribution in [0.1, 0.15) is 130 Å². The lowest BCUT2D eigenvalue weighted by atomic mass is 9.96. The van der Waals surface area contributed by atoms with Gasteiger partial charge in [0.15, 0.2) is 5.79 Å². The van der Waals surface area contributed by atoms with Crippen LogP contribution in [0, 0.1) is 11.8 Å². The van der Waals surface area contributed by atoms with Crippen molar-refractivity contribution in [2.45, 2.75) is 136 Å². The molecule has 206 valence electrons. The molecule has 0 aromatic carbocycles. The van der Waals surface area contributed by atoms with Crippen molar-refractivity contribution >= 4 is 11.9 Å². The summed E-state index contributed by atoms with van der Waals surface area (Å²) in [6, 6.07) is 0. The van der Waals surface area contributed by atoms with Crippen LogP contribution in [0.3, 0.4) is 0 Å². The van der Waals surface area contributed by atoms with Gasteiger partial charge in [-0.1, -0.05) is 78.1 Å². The van der Waals surface area contributed by atoms with Crippen LogP contribution < -0.4 is 0 Å². The number of esters is 2. The van der Waals surface area contributed by atoms with Crippen molar-refractivity contribution in [1.29, 1.82) is 0 Å². The van der Waals surface area contributed by atoms with Crippen molar-refractivity contribution in [2.75, 3.05) is 26.4 Å². The predicted octanol–water partition coefficient (Wildman–Crippen LogP) is 7.37. The number of hydrogen-bond acceptors (Lipinski definition) is 6. The first-order valence-electron chi connectivity index (χ1n) is 14.5. The van der Waals surface area contributed by atoms with E-state index in [9.17, 15) is 9.59 Å². The largest absolute Gasteiger partial charge is 0.465 e. The van der Waals surface area contributed by atoms with Crippen LogP contribution in [0.5, 0.6) is 0 Å². The SMILES string of the molecule is CCCCCCC(CCCC)COC(=O)CCCCCCCCC(=O)OCC1COC(C)(C)OC1. The molecule has 0 spiro atoms. The molecule has 0 aromatic heterocycles. The second-order valence-corrected chi connectivity index (χ2v) is 10.7. The molecule has 0 aromatic rings. The van der Waals surface area contributed by atoms with E-state index in [2.05, 4.69) is 13.8 Å². The number of unbranched alkanes of at least 4 members (excludes halogenated alkanes) is 9. The molecule has 0 amide bonds. The molecule has 6 nitrogen and oxygen atoms in total. The summed E-state index contributed by atoms with van der Waals surface area (Å²) in [5.41, 5.74) is 0. The molecule has 6 heteroatoms. The minimum atomic E-state index is -0.536. The van der Waals surface area contributed by atoms with Gasteiger partial charge in [0.25, 0.3) is 0 Å². The fourth-order valence-corrected chi connectivity index (χ4v) is 4.30. The summed E-state index contributed by atoms with van der Waals surface area (Å²) >= 11 is 0. The van der Waals surface area contributed by atoms with E-state index in [1.165, 1.54) is 51.4 Å². The molecule has 1 rings (SSSR count). The van der Waals surface area contributed by atoms with Crippen LogP contribution in [-0.2, 0) is 28.5 Å². The van der Waals surface area contributed by atoms with E-state index in [1.54, 1.807) is 0 Å². The van der Waals surface area contributed by atoms with Crippen molar-refractivity contribution in [3.05, 3.63) is 0 Å². The number of rotatable bonds is 21. The van der Waals surface area contributed by atoms with Crippen molar-refractivity contribution in [1.82, 2.24) is 0 Å². The van der Waals surface area contributed by atoms with Gasteiger partial charge in [0.1, 0.15) is 0 Å². The highest BCUT2D eigenvalue weighted by Gasteiger charge is 2.28. The third-order valence-electron chi connectivity index (χ3n) is 6.74. The van der Waals surface area contributed by atoms with Gasteiger partial charge < -0.3 is 18.9 Å². The molecule has 1 fully saturated rings. The van der Waals surface area contributed by atoms with Gasteiger partial charge in [-0.3, -0.25) is 9.59 Å². The van der Waals surface area contributed by atoms with Gasteiger partial charge in [-0.15, -0.1) is 0 Å². The van der Waals surface area contributed by atoms with Gasteiger partial charge in [0.05, 0.1) is 26.4 Å². The summed E-state index contributed by atoms with van der Waals surface area (Å²) in [6.45, 7) is 10.3. The van der Waals surface area contributed by atoms with Crippen LogP contribution >= 0.6 is 0 Å². The summed E-state index contributed by atoms with van der Waals surface area (Å²) in [6.07, 6.45) is 16.8. The maximum atomic E-state index is 12.1. The zero-order chi connectivity index (χ0) is 25.8. The quantitative estimate of drug-likeness (QED) is 0.121. The second kappa shape index (κ2) is 20.0. The average Bonchev–Trinajstić information content (AvgIpc) is 2.83. The molecule has 0 aliphatic carbocycles. The first-order chi connectivity index (χ1) is 16.9. The van der Waals surface area contributed by atoms with E-state index in [0.717, 1.165) is 38.5 Å². The summed E-state index contributed by atoms with van der Waals surface area (Å²) in [4.78, 5) is 24.0. The molecule has 1 saturated heterocycles. The molecule has 0 saturated carbocycles. The topological polar surface area (TPSA) is 71.1 Å². The predicted molar refractivity (Wildman–Crippen MR) is 140 cm³/mol. The Morgan fingerprint density at radius 3 is 1.86 bits per heavy atom. The third-order valence-corrected chi connectivity index (χ3v) is 6.74. The summed E-state index contributed by atoms with van der Waals surface area (Å²) in [7, 11) is 0. The first kappa shape index (κ1) is 31.9. The Balaban J connectivity index is 1.97. The van der Waals surface area contributed by atoms with Crippen molar-refractivity contribution < 1.29 is 28.5 Å². The fourth-order valence-electron chi connectivity index (χ4n) is 4.30. The molecule has 1 heterocycles. The Morgan fingerprint density at radius 2 is 1.26 bits per heavy atom. The van der Waals surface area contributed by atoms with Crippen LogP contribution in [0.2, 0.25) is 0 Å². The smallest absolute Gasteiger partial charge is 0.305 e. The standard InChI is InChI=1S/C29H54O6/c1-5-7-9-14-18-25(17-8-6-2)21-32-27(30)19-15-12-10-11-13-16-20-28(31)33-22-26-23-34-29(3,4)35-24-26/h25-26H,5-24H2,1-4H3. The summed E-state index contributed by atoms with van der Waals surface area (Å²) < 4.78 is 22.1. The van der Waals surface area contributed by atoms with E-state index in [4.69, 9.17) is 18.9 Å². The second-order valence-electron chi connectivity index (χ2n) is 10.7. The maximum Gasteiger partial charge on any atom is 0.305 e. The van der Waals surface area contributed by atoms with Gasteiger partial charge in [-0.25, -0.2) is 0 Å². The monoisotopic (exact) mass is 498 g/mol. The molecular weight excluding hydrogens is 444 g/mol. The highest BCUT2D eigenvalue weighted by Crippen LogP contribution is 2.21. The molecule has 1 aliphatic heterocycles. The number of carbonyl (C=O) groups excluding carboxylic acids is 2. The van der Waals surface area contributed by atoms with Gasteiger partial charge in [0.2, 0.25) is 0 Å². The number of ether oxygens (including phenoxy) is 4. The lowest BCUT2D eigenvalue weighted by molar-refractivity contribution is -0.265. The van der Waals surface area contributed by atoms with Crippen molar-refractivity contribution in [3.63, 3.8) is 0 Å². The highest BCUT2D eigenvalue weighted by atomic mass is 16.7. The first-order valence-corrected chi connectivity index (χ1v) is 14.5. The van der Waals surface area contributed by atoms with Gasteiger partial charge in [-0.05, 0) is 45.4 Å². The Kier molecular flexibility index (Phi) is 18.2. The normalized spacial score (nSPS) is 16.7. The summed E-state index contributed by atoms with van der Waals surface area (Å²) in [5.74, 6) is -0.0722. The lowest BCUT2D eigenvalue weighted by Crippen LogP contribution is -2.41.